The maximum atomic E-state index is 12.6. The van der Waals surface area contributed by atoms with E-state index in [2.05, 4.69) is 10.3 Å². The van der Waals surface area contributed by atoms with Gasteiger partial charge in [-0.05, 0) is 18.2 Å². The fourth-order valence-electron chi connectivity index (χ4n) is 2.54. The third kappa shape index (κ3) is 2.94. The van der Waals surface area contributed by atoms with Crippen LogP contribution in [0.2, 0.25) is 0 Å². The molecular weight excluding hydrogens is 324 g/mol. The number of nitrogens with one attached hydrogen (secondary N) is 2. The lowest BCUT2D eigenvalue weighted by Crippen LogP contribution is -2.28. The summed E-state index contributed by atoms with van der Waals surface area (Å²) in [5.74, 6) is -1.79. The van der Waals surface area contributed by atoms with Crippen LogP contribution in [0.1, 0.15) is 20.7 Å². The third-order valence-electron chi connectivity index (χ3n) is 3.69. The average molecular weight is 338 g/mol. The highest BCUT2D eigenvalue weighted by atomic mass is 16.5. The number of carbonyl (C=O) groups is 2. The highest BCUT2D eigenvalue weighted by molar-refractivity contribution is 6.16. The van der Waals surface area contributed by atoms with Gasteiger partial charge in [0, 0.05) is 10.9 Å². The summed E-state index contributed by atoms with van der Waals surface area (Å²) >= 11 is 0. The van der Waals surface area contributed by atoms with Crippen molar-refractivity contribution in [1.82, 2.24) is 4.98 Å². The van der Waals surface area contributed by atoms with E-state index in [0.29, 0.717) is 10.9 Å². The largest absolute Gasteiger partial charge is 0.506 e. The molecule has 1 amide bonds. The van der Waals surface area contributed by atoms with Crippen LogP contribution in [0.4, 0.5) is 5.69 Å². The van der Waals surface area contributed by atoms with Crippen LogP contribution in [0.25, 0.3) is 10.9 Å². The molecule has 0 aliphatic rings. The standard InChI is InChI=1S/C18H14N2O5/c1-25-18(24)14-10-6-2-3-7-11(10)19-16(22)15(14)17(23)20-12-8-4-5-9-13(12)21/h2-9,21H,1H3,(H,19,22)(H,20,23). The van der Waals surface area contributed by atoms with Gasteiger partial charge in [0.05, 0.1) is 18.4 Å². The van der Waals surface area contributed by atoms with Crippen LogP contribution in [0.15, 0.2) is 53.3 Å². The molecule has 0 bridgehead atoms. The number of hydrogen-bond acceptors (Lipinski definition) is 5. The monoisotopic (exact) mass is 338 g/mol. The smallest absolute Gasteiger partial charge is 0.339 e. The Hall–Kier alpha value is -3.61. The van der Waals surface area contributed by atoms with Gasteiger partial charge in [-0.15, -0.1) is 0 Å². The molecule has 3 rings (SSSR count). The molecule has 0 fully saturated rings. The number of aromatic amines is 1. The molecule has 0 radical (unpaired) electrons. The Kier molecular flexibility index (Phi) is 4.21. The van der Waals surface area contributed by atoms with E-state index in [-0.39, 0.29) is 22.6 Å². The van der Waals surface area contributed by atoms with Crippen molar-refractivity contribution in [1.29, 1.82) is 0 Å². The molecule has 0 aliphatic heterocycles. The molecular formula is C18H14N2O5. The first-order chi connectivity index (χ1) is 12.0. The van der Waals surface area contributed by atoms with E-state index >= 15 is 0 Å². The van der Waals surface area contributed by atoms with E-state index in [4.69, 9.17) is 4.74 Å². The number of phenols is 1. The van der Waals surface area contributed by atoms with Crippen LogP contribution in [0, 0.1) is 0 Å². The number of H-pyrrole nitrogens is 1. The zero-order chi connectivity index (χ0) is 18.0. The van der Waals surface area contributed by atoms with Gasteiger partial charge in [0.25, 0.3) is 11.5 Å². The van der Waals surface area contributed by atoms with E-state index in [1.165, 1.54) is 19.2 Å². The van der Waals surface area contributed by atoms with Gasteiger partial charge in [-0.3, -0.25) is 9.59 Å². The quantitative estimate of drug-likeness (QED) is 0.501. The van der Waals surface area contributed by atoms with E-state index in [1.54, 1.807) is 36.4 Å². The number of carbonyl (C=O) groups excluding carboxylic acids is 2. The molecule has 7 heteroatoms. The lowest BCUT2D eigenvalue weighted by Gasteiger charge is -2.11. The van der Waals surface area contributed by atoms with Gasteiger partial charge in [-0.25, -0.2) is 4.79 Å². The summed E-state index contributed by atoms with van der Waals surface area (Å²) < 4.78 is 4.74. The Morgan fingerprint density at radius 1 is 1.04 bits per heavy atom. The number of fused-ring (bicyclic) bond motifs is 1. The van der Waals surface area contributed by atoms with Crippen molar-refractivity contribution in [3.8, 4) is 5.75 Å². The molecule has 25 heavy (non-hydrogen) atoms. The number of hydrogen-bond donors (Lipinski definition) is 3. The first kappa shape index (κ1) is 16.3. The number of amides is 1. The summed E-state index contributed by atoms with van der Waals surface area (Å²) in [7, 11) is 1.17. The number of rotatable bonds is 3. The molecule has 3 N–H and O–H groups in total. The average Bonchev–Trinajstić information content (AvgIpc) is 2.61. The minimum atomic E-state index is -0.825. The molecule has 7 nitrogen and oxygen atoms in total. The third-order valence-corrected chi connectivity index (χ3v) is 3.69. The number of aromatic hydroxyl groups is 1. The Morgan fingerprint density at radius 3 is 2.44 bits per heavy atom. The van der Waals surface area contributed by atoms with Crippen LogP contribution < -0.4 is 10.9 Å². The van der Waals surface area contributed by atoms with Gasteiger partial charge in [-0.1, -0.05) is 30.3 Å². The molecule has 0 spiro atoms. The maximum Gasteiger partial charge on any atom is 0.339 e. The second-order valence-corrected chi connectivity index (χ2v) is 5.21. The number of esters is 1. The molecule has 0 unspecified atom stereocenters. The van der Waals surface area contributed by atoms with E-state index in [9.17, 15) is 19.5 Å². The molecule has 1 aromatic heterocycles. The van der Waals surface area contributed by atoms with Crippen LogP contribution in [0.3, 0.4) is 0 Å². The zero-order valence-electron chi connectivity index (χ0n) is 13.2. The fourth-order valence-corrected chi connectivity index (χ4v) is 2.54. The van der Waals surface area contributed by atoms with Crippen molar-refractivity contribution in [2.75, 3.05) is 12.4 Å². The highest BCUT2D eigenvalue weighted by Crippen LogP contribution is 2.24. The summed E-state index contributed by atoms with van der Waals surface area (Å²) in [5.41, 5.74) is -0.710. The Bertz CT molecular complexity index is 1040. The molecule has 2 aromatic carbocycles. The number of ether oxygens (including phenoxy) is 1. The topological polar surface area (TPSA) is 108 Å². The Balaban J connectivity index is 2.19. The summed E-state index contributed by atoms with van der Waals surface area (Å²) in [6, 6.07) is 12.7. The van der Waals surface area contributed by atoms with Crippen molar-refractivity contribution in [3.63, 3.8) is 0 Å². The molecule has 0 saturated heterocycles. The number of benzene rings is 2. The number of pyridine rings is 1. The molecule has 0 aliphatic carbocycles. The van der Waals surface area contributed by atoms with Gasteiger partial charge in [0.1, 0.15) is 11.3 Å². The van der Waals surface area contributed by atoms with Crippen molar-refractivity contribution < 1.29 is 19.4 Å². The lowest BCUT2D eigenvalue weighted by atomic mass is 10.0. The predicted molar refractivity (Wildman–Crippen MR) is 92.0 cm³/mol. The minimum absolute atomic E-state index is 0.121. The van der Waals surface area contributed by atoms with E-state index in [1.807, 2.05) is 0 Å². The highest BCUT2D eigenvalue weighted by Gasteiger charge is 2.25. The van der Waals surface area contributed by atoms with Crippen molar-refractivity contribution in [2.45, 2.75) is 0 Å². The number of aromatic nitrogens is 1. The van der Waals surface area contributed by atoms with Crippen molar-refractivity contribution in [3.05, 3.63) is 70.0 Å². The number of anilines is 1. The summed E-state index contributed by atoms with van der Waals surface area (Å²) in [6.07, 6.45) is 0. The van der Waals surface area contributed by atoms with E-state index in [0.717, 1.165) is 0 Å². The maximum absolute atomic E-state index is 12.6. The van der Waals surface area contributed by atoms with Crippen LogP contribution >= 0.6 is 0 Å². The first-order valence-corrected chi connectivity index (χ1v) is 7.35. The molecule has 126 valence electrons. The van der Waals surface area contributed by atoms with Gasteiger partial charge in [0.2, 0.25) is 0 Å². The second-order valence-electron chi connectivity index (χ2n) is 5.21. The zero-order valence-corrected chi connectivity index (χ0v) is 13.2. The van der Waals surface area contributed by atoms with Gasteiger partial charge in [0.15, 0.2) is 0 Å². The lowest BCUT2D eigenvalue weighted by molar-refractivity contribution is 0.0599. The second kappa shape index (κ2) is 6.48. The van der Waals surface area contributed by atoms with Gasteiger partial charge < -0.3 is 20.1 Å². The predicted octanol–water partition coefficient (Wildman–Crippen LogP) is 2.27. The Labute approximate surface area is 141 Å². The van der Waals surface area contributed by atoms with Crippen LogP contribution in [-0.2, 0) is 4.74 Å². The fraction of sp³-hybridized carbons (Fsp3) is 0.0556. The molecule has 1 heterocycles. The van der Waals surface area contributed by atoms with Gasteiger partial charge in [-0.2, -0.15) is 0 Å². The molecule has 0 atom stereocenters. The summed E-state index contributed by atoms with van der Waals surface area (Å²) in [6.45, 7) is 0. The van der Waals surface area contributed by atoms with Crippen molar-refractivity contribution >= 4 is 28.5 Å². The SMILES string of the molecule is COC(=O)c1c(C(=O)Nc2ccccc2O)c(=O)[nH]c2ccccc12. The number of para-hydroxylation sites is 3. The van der Waals surface area contributed by atoms with Crippen LogP contribution in [0.5, 0.6) is 5.75 Å². The normalized spacial score (nSPS) is 10.4. The first-order valence-electron chi connectivity index (χ1n) is 7.35. The summed E-state index contributed by atoms with van der Waals surface area (Å²) in [5, 5.41) is 12.6. The van der Waals surface area contributed by atoms with Gasteiger partial charge >= 0.3 is 5.97 Å². The molecule has 3 aromatic rings. The Morgan fingerprint density at radius 2 is 1.72 bits per heavy atom. The number of methoxy groups -OCH3 is 1. The van der Waals surface area contributed by atoms with Crippen LogP contribution in [-0.4, -0.2) is 29.1 Å². The molecule has 0 saturated carbocycles. The number of phenolic OH excluding ortho intramolecular Hbond substituents is 1. The van der Waals surface area contributed by atoms with Crippen molar-refractivity contribution in [2.24, 2.45) is 0 Å². The van der Waals surface area contributed by atoms with E-state index < -0.39 is 17.4 Å². The minimum Gasteiger partial charge on any atom is -0.506 e. The summed E-state index contributed by atoms with van der Waals surface area (Å²) in [4.78, 5) is 39.8.